The number of hydrogen-bond acceptors (Lipinski definition) is 4. The van der Waals surface area contributed by atoms with Crippen LogP contribution in [0.5, 0.6) is 0 Å². The first kappa shape index (κ1) is 17.9. The second kappa shape index (κ2) is 6.30. The van der Waals surface area contributed by atoms with Crippen LogP contribution in [0.1, 0.15) is 50.9 Å². The number of nitrogens with one attached hydrogen (secondary N) is 1. The molecular weight excluding hydrogens is 290 g/mol. The fourth-order valence-corrected chi connectivity index (χ4v) is 3.14. The van der Waals surface area contributed by atoms with Gasteiger partial charge in [-0.2, -0.15) is 5.06 Å². The SMILES string of the molecule is CC1(C)CC(NC(=O)c2ccncc2)CC(C)(C)N1O.[Cl-]. The second-order valence-electron chi connectivity index (χ2n) is 6.75. The van der Waals surface area contributed by atoms with Crippen molar-refractivity contribution in [2.75, 3.05) is 0 Å². The third-order valence-electron chi connectivity index (χ3n) is 3.92. The summed E-state index contributed by atoms with van der Waals surface area (Å²) in [7, 11) is 0. The molecule has 1 aliphatic rings. The van der Waals surface area contributed by atoms with E-state index in [1.54, 1.807) is 24.5 Å². The number of aromatic nitrogens is 1. The van der Waals surface area contributed by atoms with E-state index < -0.39 is 0 Å². The molecular formula is C15H23ClN3O2-. The van der Waals surface area contributed by atoms with Gasteiger partial charge in [0, 0.05) is 35.1 Å². The Morgan fingerprint density at radius 3 is 2.19 bits per heavy atom. The molecule has 2 N–H and O–H groups in total. The van der Waals surface area contributed by atoms with E-state index in [0.29, 0.717) is 18.4 Å². The number of rotatable bonds is 2. The van der Waals surface area contributed by atoms with E-state index in [1.165, 1.54) is 5.06 Å². The van der Waals surface area contributed by atoms with Crippen molar-refractivity contribution in [1.29, 1.82) is 0 Å². The number of carbonyl (C=O) groups is 1. The summed E-state index contributed by atoms with van der Waals surface area (Å²) in [5.41, 5.74) is -0.113. The van der Waals surface area contributed by atoms with E-state index in [1.807, 2.05) is 27.7 Å². The monoisotopic (exact) mass is 312 g/mol. The number of pyridine rings is 1. The molecule has 1 aliphatic heterocycles. The van der Waals surface area contributed by atoms with E-state index in [2.05, 4.69) is 10.3 Å². The van der Waals surface area contributed by atoms with Crippen LogP contribution in [0, 0.1) is 0 Å². The molecule has 1 amide bonds. The molecule has 0 saturated carbocycles. The van der Waals surface area contributed by atoms with Gasteiger partial charge in [0.15, 0.2) is 0 Å². The van der Waals surface area contributed by atoms with Gasteiger partial charge in [-0.05, 0) is 52.7 Å². The second-order valence-corrected chi connectivity index (χ2v) is 6.75. The number of carbonyl (C=O) groups excluding carboxylic acids is 1. The maximum Gasteiger partial charge on any atom is 0.251 e. The lowest BCUT2D eigenvalue weighted by Gasteiger charge is -2.51. The zero-order valence-corrected chi connectivity index (χ0v) is 13.7. The van der Waals surface area contributed by atoms with Crippen molar-refractivity contribution in [2.45, 2.75) is 57.7 Å². The minimum Gasteiger partial charge on any atom is -1.00 e. The molecule has 0 unspecified atom stereocenters. The Labute approximate surface area is 132 Å². The highest BCUT2D eigenvalue weighted by atomic mass is 35.5. The topological polar surface area (TPSA) is 65.5 Å². The summed E-state index contributed by atoms with van der Waals surface area (Å²) in [4.78, 5) is 16.1. The summed E-state index contributed by atoms with van der Waals surface area (Å²) in [6.45, 7) is 7.94. The number of halogens is 1. The quantitative estimate of drug-likeness (QED) is 0.752. The number of hydroxylamine groups is 2. The predicted octanol–water partition coefficient (Wildman–Crippen LogP) is -0.774. The largest absolute Gasteiger partial charge is 1.00 e. The van der Waals surface area contributed by atoms with Crippen LogP contribution in [0.3, 0.4) is 0 Å². The Morgan fingerprint density at radius 2 is 1.71 bits per heavy atom. The first-order valence-electron chi connectivity index (χ1n) is 6.92. The Kier molecular flexibility index (Phi) is 5.36. The highest BCUT2D eigenvalue weighted by Crippen LogP contribution is 2.36. The molecule has 5 nitrogen and oxygen atoms in total. The molecule has 0 spiro atoms. The predicted molar refractivity (Wildman–Crippen MR) is 76.5 cm³/mol. The zero-order valence-electron chi connectivity index (χ0n) is 12.9. The van der Waals surface area contributed by atoms with Gasteiger partial charge in [0.2, 0.25) is 0 Å². The summed E-state index contributed by atoms with van der Waals surface area (Å²) in [6, 6.07) is 3.45. The lowest BCUT2D eigenvalue weighted by molar-refractivity contribution is -0.245. The fourth-order valence-electron chi connectivity index (χ4n) is 3.14. The molecule has 0 bridgehead atoms. The third-order valence-corrected chi connectivity index (χ3v) is 3.92. The molecule has 1 fully saturated rings. The third kappa shape index (κ3) is 3.93. The zero-order chi connectivity index (χ0) is 15.0. The Morgan fingerprint density at radius 1 is 1.24 bits per heavy atom. The Bertz CT molecular complexity index is 473. The van der Waals surface area contributed by atoms with Gasteiger partial charge >= 0.3 is 0 Å². The van der Waals surface area contributed by atoms with Crippen LogP contribution in [-0.4, -0.2) is 38.3 Å². The Balaban J connectivity index is 0.00000220. The molecule has 0 atom stereocenters. The maximum atomic E-state index is 12.2. The standard InChI is InChI=1S/C15H23N3O2.ClH/c1-14(2)9-12(10-15(3,4)18(14)20)17-13(19)11-5-7-16-8-6-11;/h5-8,12,20H,9-10H2,1-4H3,(H,17,19);1H/p-1. The van der Waals surface area contributed by atoms with Gasteiger partial charge in [0.05, 0.1) is 0 Å². The molecule has 2 heterocycles. The number of amides is 1. The average molecular weight is 313 g/mol. The van der Waals surface area contributed by atoms with Crippen LogP contribution in [0.15, 0.2) is 24.5 Å². The van der Waals surface area contributed by atoms with Crippen molar-refractivity contribution in [2.24, 2.45) is 0 Å². The van der Waals surface area contributed by atoms with Crippen molar-refractivity contribution >= 4 is 5.91 Å². The lowest BCUT2D eigenvalue weighted by atomic mass is 9.79. The fraction of sp³-hybridized carbons (Fsp3) is 0.600. The molecule has 0 aromatic carbocycles. The number of nitrogens with zero attached hydrogens (tertiary/aromatic N) is 2. The number of hydrogen-bond donors (Lipinski definition) is 2. The summed E-state index contributed by atoms with van der Waals surface area (Å²) in [5.74, 6) is -0.0876. The van der Waals surface area contributed by atoms with E-state index in [4.69, 9.17) is 0 Å². The summed E-state index contributed by atoms with van der Waals surface area (Å²) < 4.78 is 0. The lowest BCUT2D eigenvalue weighted by Crippen LogP contribution is -3.00. The normalized spacial score (nSPS) is 21.4. The van der Waals surface area contributed by atoms with E-state index in [-0.39, 0.29) is 35.4 Å². The highest BCUT2D eigenvalue weighted by Gasteiger charge is 2.45. The van der Waals surface area contributed by atoms with E-state index in [0.717, 1.165) is 0 Å². The summed E-state index contributed by atoms with van der Waals surface area (Å²) >= 11 is 0. The summed E-state index contributed by atoms with van der Waals surface area (Å²) in [6.07, 6.45) is 4.64. The van der Waals surface area contributed by atoms with Gasteiger partial charge < -0.3 is 22.9 Å². The van der Waals surface area contributed by atoms with Gasteiger partial charge in [0.25, 0.3) is 5.91 Å². The van der Waals surface area contributed by atoms with Gasteiger partial charge in [-0.15, -0.1) is 0 Å². The van der Waals surface area contributed by atoms with Crippen LogP contribution in [0.25, 0.3) is 0 Å². The molecule has 0 radical (unpaired) electrons. The first-order valence-corrected chi connectivity index (χ1v) is 6.92. The van der Waals surface area contributed by atoms with Crippen molar-refractivity contribution in [1.82, 2.24) is 15.4 Å². The minimum absolute atomic E-state index is 0. The number of piperidine rings is 1. The average Bonchev–Trinajstić information content (AvgIpc) is 2.36. The van der Waals surface area contributed by atoms with Crippen LogP contribution in [-0.2, 0) is 0 Å². The molecule has 1 aromatic heterocycles. The maximum absolute atomic E-state index is 12.2. The van der Waals surface area contributed by atoms with Crippen LogP contribution < -0.4 is 17.7 Å². The molecule has 21 heavy (non-hydrogen) atoms. The molecule has 1 aromatic rings. The van der Waals surface area contributed by atoms with Crippen LogP contribution in [0.4, 0.5) is 0 Å². The first-order chi connectivity index (χ1) is 9.22. The van der Waals surface area contributed by atoms with Crippen molar-refractivity contribution in [3.05, 3.63) is 30.1 Å². The molecule has 0 aliphatic carbocycles. The van der Waals surface area contributed by atoms with E-state index >= 15 is 0 Å². The molecule has 118 valence electrons. The van der Waals surface area contributed by atoms with Gasteiger partial charge in [-0.25, -0.2) is 0 Å². The molecule has 1 saturated heterocycles. The molecule has 6 heteroatoms. The van der Waals surface area contributed by atoms with Gasteiger partial charge in [0.1, 0.15) is 0 Å². The highest BCUT2D eigenvalue weighted by molar-refractivity contribution is 5.94. The van der Waals surface area contributed by atoms with Gasteiger partial charge in [-0.1, -0.05) is 0 Å². The Hall–Kier alpha value is -1.17. The van der Waals surface area contributed by atoms with Crippen molar-refractivity contribution < 1.29 is 22.4 Å². The van der Waals surface area contributed by atoms with Crippen LogP contribution >= 0.6 is 0 Å². The minimum atomic E-state index is -0.363. The van der Waals surface area contributed by atoms with E-state index in [9.17, 15) is 10.0 Å². The smallest absolute Gasteiger partial charge is 0.251 e. The van der Waals surface area contributed by atoms with Crippen LogP contribution in [0.2, 0.25) is 0 Å². The summed E-state index contributed by atoms with van der Waals surface area (Å²) in [5, 5.41) is 14.7. The van der Waals surface area contributed by atoms with Crippen molar-refractivity contribution in [3.8, 4) is 0 Å². The van der Waals surface area contributed by atoms with Crippen molar-refractivity contribution in [3.63, 3.8) is 0 Å². The van der Waals surface area contributed by atoms with Gasteiger partial charge in [-0.3, -0.25) is 9.78 Å². The molecule has 2 rings (SSSR count).